The molecule has 0 spiro atoms. The second-order valence-electron chi connectivity index (χ2n) is 5.53. The Morgan fingerprint density at radius 1 is 1.15 bits per heavy atom. The molecule has 0 aliphatic rings. The van der Waals surface area contributed by atoms with Gasteiger partial charge in [0.1, 0.15) is 17.8 Å². The van der Waals surface area contributed by atoms with Gasteiger partial charge in [0.2, 0.25) is 0 Å². The molecule has 3 aromatic rings. The normalized spacial score (nSPS) is 11.6. The number of alkyl halides is 3. The molecule has 3 rings (SSSR count). The third kappa shape index (κ3) is 3.22. The molecular formula is C17H14F3N3O2S. The number of aryl methyl sites for hydroxylation is 2. The van der Waals surface area contributed by atoms with Crippen molar-refractivity contribution in [2.75, 3.05) is 7.11 Å². The van der Waals surface area contributed by atoms with Gasteiger partial charge in [-0.3, -0.25) is 0 Å². The van der Waals surface area contributed by atoms with Crippen molar-refractivity contribution in [1.82, 2.24) is 15.0 Å². The zero-order valence-electron chi connectivity index (χ0n) is 14.0. The largest absolute Gasteiger partial charge is 0.507 e. The number of aromatic nitrogens is 3. The number of thiazole rings is 1. The lowest BCUT2D eigenvalue weighted by Gasteiger charge is -2.16. The fourth-order valence-electron chi connectivity index (χ4n) is 2.61. The van der Waals surface area contributed by atoms with Crippen molar-refractivity contribution in [1.29, 1.82) is 0 Å². The van der Waals surface area contributed by atoms with Crippen LogP contribution in [0.2, 0.25) is 0 Å². The topological polar surface area (TPSA) is 68.1 Å². The molecule has 0 saturated heterocycles. The number of nitrogens with zero attached hydrogens (tertiary/aromatic N) is 3. The van der Waals surface area contributed by atoms with Gasteiger partial charge in [-0.2, -0.15) is 13.2 Å². The lowest BCUT2D eigenvalue weighted by molar-refractivity contribution is -0.140. The first kappa shape index (κ1) is 18.1. The monoisotopic (exact) mass is 381 g/mol. The molecule has 0 aliphatic heterocycles. The minimum Gasteiger partial charge on any atom is -0.507 e. The Labute approximate surface area is 151 Å². The summed E-state index contributed by atoms with van der Waals surface area (Å²) in [5.41, 5.74) is -0.487. The molecule has 2 heterocycles. The van der Waals surface area contributed by atoms with Gasteiger partial charge in [-0.25, -0.2) is 15.0 Å². The van der Waals surface area contributed by atoms with Crippen LogP contribution in [0.1, 0.15) is 16.3 Å². The van der Waals surface area contributed by atoms with Crippen LogP contribution in [-0.2, 0) is 6.18 Å². The van der Waals surface area contributed by atoms with E-state index in [0.717, 1.165) is 6.33 Å². The highest BCUT2D eigenvalue weighted by Gasteiger charge is 2.38. The van der Waals surface area contributed by atoms with Gasteiger partial charge in [-0.05, 0) is 25.5 Å². The van der Waals surface area contributed by atoms with Crippen molar-refractivity contribution in [3.05, 3.63) is 40.1 Å². The van der Waals surface area contributed by atoms with Crippen molar-refractivity contribution in [2.45, 2.75) is 20.0 Å². The van der Waals surface area contributed by atoms with E-state index >= 15 is 0 Å². The van der Waals surface area contributed by atoms with E-state index in [1.165, 1.54) is 36.0 Å². The maximum Gasteiger partial charge on any atom is 0.434 e. The molecule has 0 atom stereocenters. The Balaban J connectivity index is 2.34. The van der Waals surface area contributed by atoms with Gasteiger partial charge in [-0.15, -0.1) is 11.3 Å². The number of hydrogen-bond acceptors (Lipinski definition) is 6. The fraction of sp³-hybridized carbons (Fsp3) is 0.235. The quantitative estimate of drug-likeness (QED) is 0.717. The minimum absolute atomic E-state index is 0.0409. The van der Waals surface area contributed by atoms with Gasteiger partial charge in [0.05, 0.1) is 29.1 Å². The van der Waals surface area contributed by atoms with Gasteiger partial charge in [0.25, 0.3) is 0 Å². The smallest absolute Gasteiger partial charge is 0.434 e. The highest BCUT2D eigenvalue weighted by molar-refractivity contribution is 7.09. The Hall–Kier alpha value is -2.68. The highest BCUT2D eigenvalue weighted by Crippen LogP contribution is 2.43. The molecule has 0 radical (unpaired) electrons. The summed E-state index contributed by atoms with van der Waals surface area (Å²) in [6.45, 7) is 3.42. The summed E-state index contributed by atoms with van der Waals surface area (Å²) in [5.74, 6) is 0.176. The van der Waals surface area contributed by atoms with Crippen molar-refractivity contribution in [3.8, 4) is 34.0 Å². The molecule has 136 valence electrons. The lowest BCUT2D eigenvalue weighted by atomic mass is 9.99. The summed E-state index contributed by atoms with van der Waals surface area (Å²) in [4.78, 5) is 11.6. The summed E-state index contributed by atoms with van der Waals surface area (Å²) in [6.07, 6.45) is -3.86. The van der Waals surface area contributed by atoms with E-state index in [4.69, 9.17) is 4.74 Å². The molecule has 0 saturated carbocycles. The van der Waals surface area contributed by atoms with E-state index in [-0.39, 0.29) is 28.3 Å². The number of rotatable bonds is 3. The van der Waals surface area contributed by atoms with Crippen LogP contribution in [0.25, 0.3) is 22.5 Å². The van der Waals surface area contributed by atoms with Crippen LogP contribution >= 0.6 is 11.3 Å². The molecule has 9 heteroatoms. The van der Waals surface area contributed by atoms with Crippen LogP contribution in [0.4, 0.5) is 13.2 Å². The first-order valence-electron chi connectivity index (χ1n) is 7.45. The number of phenols is 1. The summed E-state index contributed by atoms with van der Waals surface area (Å²) in [6, 6.07) is 2.87. The number of benzene rings is 1. The molecule has 1 N–H and O–H groups in total. The molecule has 2 aromatic heterocycles. The summed E-state index contributed by atoms with van der Waals surface area (Å²) in [7, 11) is 1.44. The molecule has 1 aromatic carbocycles. The lowest BCUT2D eigenvalue weighted by Crippen LogP contribution is -2.12. The average Bonchev–Trinajstić information content (AvgIpc) is 3.01. The molecule has 0 aliphatic carbocycles. The van der Waals surface area contributed by atoms with Gasteiger partial charge in [0.15, 0.2) is 5.69 Å². The summed E-state index contributed by atoms with van der Waals surface area (Å²) >= 11 is 1.22. The number of hydrogen-bond donors (Lipinski definition) is 1. The van der Waals surface area contributed by atoms with Crippen LogP contribution in [0, 0.1) is 13.8 Å². The van der Waals surface area contributed by atoms with Crippen molar-refractivity contribution < 1.29 is 23.0 Å². The third-order valence-corrected chi connectivity index (χ3v) is 4.53. The summed E-state index contributed by atoms with van der Waals surface area (Å²) < 4.78 is 45.7. The van der Waals surface area contributed by atoms with E-state index < -0.39 is 11.9 Å². The molecular weight excluding hydrogens is 367 g/mol. The molecule has 0 bridgehead atoms. The van der Waals surface area contributed by atoms with E-state index in [0.29, 0.717) is 16.3 Å². The Morgan fingerprint density at radius 3 is 2.46 bits per heavy atom. The molecule has 5 nitrogen and oxygen atoms in total. The molecule has 0 unspecified atom stereocenters. The molecule has 26 heavy (non-hydrogen) atoms. The highest BCUT2D eigenvalue weighted by atomic mass is 32.1. The number of aromatic hydroxyl groups is 1. The van der Waals surface area contributed by atoms with E-state index in [1.54, 1.807) is 13.8 Å². The first-order chi connectivity index (χ1) is 12.2. The fourth-order valence-corrected chi connectivity index (χ4v) is 3.22. The summed E-state index contributed by atoms with van der Waals surface area (Å²) in [5, 5.41) is 12.5. The van der Waals surface area contributed by atoms with Crippen molar-refractivity contribution in [2.24, 2.45) is 0 Å². The van der Waals surface area contributed by atoms with Crippen LogP contribution in [0.3, 0.4) is 0 Å². The first-order valence-corrected chi connectivity index (χ1v) is 8.33. The Kier molecular flexibility index (Phi) is 4.57. The van der Waals surface area contributed by atoms with Crippen molar-refractivity contribution in [3.63, 3.8) is 0 Å². The van der Waals surface area contributed by atoms with Gasteiger partial charge >= 0.3 is 6.18 Å². The van der Waals surface area contributed by atoms with E-state index in [2.05, 4.69) is 15.0 Å². The van der Waals surface area contributed by atoms with E-state index in [9.17, 15) is 18.3 Å². The molecule has 0 fully saturated rings. The predicted molar refractivity (Wildman–Crippen MR) is 91.3 cm³/mol. The second-order valence-corrected chi connectivity index (χ2v) is 6.60. The van der Waals surface area contributed by atoms with Gasteiger partial charge < -0.3 is 9.84 Å². The van der Waals surface area contributed by atoms with Crippen LogP contribution in [0.5, 0.6) is 11.5 Å². The predicted octanol–water partition coefficient (Wildman–Crippen LogP) is 4.62. The SMILES string of the molecule is COc1cc(O)c(-c2ncnc(C(F)(F)F)c2-c2csc(C)n2)cc1C. The maximum absolute atomic E-state index is 13.5. The minimum atomic E-state index is -4.69. The number of halogens is 3. The standard InChI is InChI=1S/C17H14F3N3O2S/c1-8-4-10(12(24)5-13(8)25-3)15-14(11-6-26-9(2)23-11)16(17(18,19)20)22-7-21-15/h4-7,24H,1-3H3. The van der Waals surface area contributed by atoms with Crippen LogP contribution in [0.15, 0.2) is 23.8 Å². The maximum atomic E-state index is 13.5. The number of methoxy groups -OCH3 is 1. The Morgan fingerprint density at radius 2 is 1.88 bits per heavy atom. The Bertz CT molecular complexity index is 970. The third-order valence-electron chi connectivity index (χ3n) is 3.76. The van der Waals surface area contributed by atoms with Gasteiger partial charge in [0, 0.05) is 17.0 Å². The zero-order chi connectivity index (χ0) is 19.1. The second kappa shape index (κ2) is 6.56. The zero-order valence-corrected chi connectivity index (χ0v) is 14.9. The van der Waals surface area contributed by atoms with Crippen LogP contribution < -0.4 is 4.74 Å². The average molecular weight is 381 g/mol. The van der Waals surface area contributed by atoms with Gasteiger partial charge in [-0.1, -0.05) is 0 Å². The molecule has 0 amide bonds. The van der Waals surface area contributed by atoms with E-state index in [1.807, 2.05) is 0 Å². The number of ether oxygens (including phenoxy) is 1. The number of phenolic OH excluding ortho intramolecular Hbond substituents is 1. The van der Waals surface area contributed by atoms with Crippen LogP contribution in [-0.4, -0.2) is 27.2 Å². The van der Waals surface area contributed by atoms with Crippen molar-refractivity contribution >= 4 is 11.3 Å².